The number of carbonyl (C=O) groups is 1. The van der Waals surface area contributed by atoms with E-state index in [2.05, 4.69) is 14.7 Å². The Hall–Kier alpha value is -2.90. The van der Waals surface area contributed by atoms with Crippen molar-refractivity contribution < 1.29 is 9.53 Å². The fourth-order valence-corrected chi connectivity index (χ4v) is 1.57. The number of methoxy groups -OCH3 is 1. The molecule has 0 unspecified atom stereocenters. The smallest absolute Gasteiger partial charge is 0.339 e. The van der Waals surface area contributed by atoms with Crippen LogP contribution < -0.4 is 17.0 Å². The summed E-state index contributed by atoms with van der Waals surface area (Å²) in [5, 5.41) is 0. The third-order valence-corrected chi connectivity index (χ3v) is 2.62. The zero-order valence-corrected chi connectivity index (χ0v) is 10.6. The third-order valence-electron chi connectivity index (χ3n) is 2.62. The molecule has 0 bridgehead atoms. The minimum Gasteiger partial charge on any atom is -0.465 e. The van der Waals surface area contributed by atoms with Gasteiger partial charge in [-0.15, -0.1) is 0 Å². The van der Waals surface area contributed by atoms with Crippen LogP contribution in [-0.2, 0) is 11.3 Å². The minimum absolute atomic E-state index is 0.0595. The van der Waals surface area contributed by atoms with Crippen LogP contribution in [0.3, 0.4) is 0 Å². The largest absolute Gasteiger partial charge is 0.465 e. The standard InChI is InChI=1S/C12H12N4O4/c1-20-11(18)7-2-3-8(14-4-7)5-16-6-9(13)10(17)15-12(16)19/h2-4,6H,5,13H2,1H3,(H,15,17,19). The molecule has 0 radical (unpaired) electrons. The Morgan fingerprint density at radius 2 is 2.20 bits per heavy atom. The number of esters is 1. The number of rotatable bonds is 3. The molecule has 2 rings (SSSR count). The number of aromatic amines is 1. The van der Waals surface area contributed by atoms with Crippen molar-refractivity contribution in [2.75, 3.05) is 12.8 Å². The molecule has 0 fully saturated rings. The van der Waals surface area contributed by atoms with Crippen molar-refractivity contribution in [1.29, 1.82) is 0 Å². The van der Waals surface area contributed by atoms with Crippen LogP contribution in [0, 0.1) is 0 Å². The van der Waals surface area contributed by atoms with Gasteiger partial charge in [0.05, 0.1) is 24.9 Å². The summed E-state index contributed by atoms with van der Waals surface area (Å²) < 4.78 is 5.77. The number of hydrogen-bond acceptors (Lipinski definition) is 6. The molecule has 2 aromatic rings. The highest BCUT2D eigenvalue weighted by Gasteiger charge is 2.07. The summed E-state index contributed by atoms with van der Waals surface area (Å²) in [7, 11) is 1.28. The Labute approximate surface area is 112 Å². The second kappa shape index (κ2) is 5.39. The highest BCUT2D eigenvalue weighted by molar-refractivity contribution is 5.88. The van der Waals surface area contributed by atoms with Crippen molar-refractivity contribution in [2.24, 2.45) is 0 Å². The molecule has 0 atom stereocenters. The van der Waals surface area contributed by atoms with Crippen LogP contribution in [0.4, 0.5) is 5.69 Å². The Bertz CT molecular complexity index is 745. The number of aromatic nitrogens is 3. The molecular formula is C12H12N4O4. The molecule has 0 saturated carbocycles. The molecule has 2 heterocycles. The first-order valence-corrected chi connectivity index (χ1v) is 5.63. The number of nitrogens with one attached hydrogen (secondary N) is 1. The van der Waals surface area contributed by atoms with E-state index in [9.17, 15) is 14.4 Å². The number of hydrogen-bond donors (Lipinski definition) is 2. The number of nitrogens with two attached hydrogens (primary N) is 1. The van der Waals surface area contributed by atoms with E-state index in [0.717, 1.165) is 0 Å². The number of anilines is 1. The van der Waals surface area contributed by atoms with E-state index >= 15 is 0 Å². The number of ether oxygens (including phenoxy) is 1. The van der Waals surface area contributed by atoms with E-state index in [4.69, 9.17) is 5.73 Å². The Kier molecular flexibility index (Phi) is 3.65. The molecule has 8 nitrogen and oxygen atoms in total. The molecule has 0 aromatic carbocycles. The van der Waals surface area contributed by atoms with Gasteiger partial charge in [-0.05, 0) is 12.1 Å². The first-order chi connectivity index (χ1) is 9.51. The van der Waals surface area contributed by atoms with Crippen molar-refractivity contribution in [3.05, 3.63) is 56.6 Å². The Balaban J connectivity index is 2.27. The highest BCUT2D eigenvalue weighted by Crippen LogP contribution is 2.03. The van der Waals surface area contributed by atoms with Crippen molar-refractivity contribution in [3.63, 3.8) is 0 Å². The minimum atomic E-state index is -0.625. The van der Waals surface area contributed by atoms with Gasteiger partial charge in [-0.2, -0.15) is 0 Å². The Morgan fingerprint density at radius 3 is 2.80 bits per heavy atom. The number of nitrogens with zero attached hydrogens (tertiary/aromatic N) is 2. The van der Waals surface area contributed by atoms with Crippen molar-refractivity contribution in [2.45, 2.75) is 6.54 Å². The molecular weight excluding hydrogens is 264 g/mol. The Morgan fingerprint density at radius 1 is 1.45 bits per heavy atom. The predicted octanol–water partition coefficient (Wildman–Crippen LogP) is -0.651. The molecule has 3 N–H and O–H groups in total. The maximum atomic E-state index is 11.6. The van der Waals surface area contributed by atoms with E-state index in [0.29, 0.717) is 11.3 Å². The number of nitrogen functional groups attached to an aromatic ring is 1. The summed E-state index contributed by atoms with van der Waals surface area (Å²) in [6.07, 6.45) is 2.60. The zero-order chi connectivity index (χ0) is 14.7. The van der Waals surface area contributed by atoms with Gasteiger partial charge >= 0.3 is 11.7 Å². The second-order valence-corrected chi connectivity index (χ2v) is 4.00. The maximum absolute atomic E-state index is 11.6. The van der Waals surface area contributed by atoms with Crippen LogP contribution in [0.15, 0.2) is 34.1 Å². The van der Waals surface area contributed by atoms with Gasteiger partial charge in [0.25, 0.3) is 5.56 Å². The van der Waals surface area contributed by atoms with Crippen molar-refractivity contribution in [1.82, 2.24) is 14.5 Å². The molecule has 0 amide bonds. The van der Waals surface area contributed by atoms with Gasteiger partial charge in [0.15, 0.2) is 0 Å². The molecule has 0 aliphatic carbocycles. The fraction of sp³-hybridized carbons (Fsp3) is 0.167. The van der Waals surface area contributed by atoms with Crippen LogP contribution in [-0.4, -0.2) is 27.6 Å². The molecule has 0 aliphatic rings. The average molecular weight is 276 g/mol. The van der Waals surface area contributed by atoms with Gasteiger partial charge in [0, 0.05) is 12.4 Å². The molecule has 0 spiro atoms. The predicted molar refractivity (Wildman–Crippen MR) is 70.4 cm³/mol. The molecule has 2 aromatic heterocycles. The lowest BCUT2D eigenvalue weighted by molar-refractivity contribution is 0.0600. The van der Waals surface area contributed by atoms with E-state index in [1.807, 2.05) is 0 Å². The van der Waals surface area contributed by atoms with Gasteiger partial charge in [-0.3, -0.25) is 19.3 Å². The first kappa shape index (κ1) is 13.5. The lowest BCUT2D eigenvalue weighted by Gasteiger charge is -2.06. The number of pyridine rings is 1. The SMILES string of the molecule is COC(=O)c1ccc(Cn2cc(N)c(=O)[nH]c2=O)nc1. The van der Waals surface area contributed by atoms with Crippen LogP contribution >= 0.6 is 0 Å². The quantitative estimate of drug-likeness (QED) is 0.719. The van der Waals surface area contributed by atoms with Crippen molar-refractivity contribution >= 4 is 11.7 Å². The fourth-order valence-electron chi connectivity index (χ4n) is 1.57. The number of carbonyl (C=O) groups excluding carboxylic acids is 1. The second-order valence-electron chi connectivity index (χ2n) is 4.00. The van der Waals surface area contributed by atoms with Crippen LogP contribution in [0.1, 0.15) is 16.1 Å². The lowest BCUT2D eigenvalue weighted by atomic mass is 10.2. The number of H-pyrrole nitrogens is 1. The molecule has 0 saturated heterocycles. The molecule has 104 valence electrons. The van der Waals surface area contributed by atoms with Crippen LogP contribution in [0.5, 0.6) is 0 Å². The van der Waals surface area contributed by atoms with Crippen molar-refractivity contribution in [3.8, 4) is 0 Å². The van der Waals surface area contributed by atoms with Gasteiger partial charge < -0.3 is 10.5 Å². The van der Waals surface area contributed by atoms with Gasteiger partial charge in [-0.1, -0.05) is 0 Å². The third kappa shape index (κ3) is 2.74. The van der Waals surface area contributed by atoms with E-state index in [1.165, 1.54) is 30.1 Å². The van der Waals surface area contributed by atoms with Crippen LogP contribution in [0.25, 0.3) is 0 Å². The maximum Gasteiger partial charge on any atom is 0.339 e. The summed E-state index contributed by atoms with van der Waals surface area (Å²) in [5.41, 5.74) is 5.02. The van der Waals surface area contributed by atoms with E-state index in [1.54, 1.807) is 6.07 Å². The van der Waals surface area contributed by atoms with Gasteiger partial charge in [-0.25, -0.2) is 9.59 Å². The lowest BCUT2D eigenvalue weighted by Crippen LogP contribution is -2.31. The molecule has 20 heavy (non-hydrogen) atoms. The molecule has 0 aliphatic heterocycles. The highest BCUT2D eigenvalue weighted by atomic mass is 16.5. The van der Waals surface area contributed by atoms with Crippen LogP contribution in [0.2, 0.25) is 0 Å². The summed E-state index contributed by atoms with van der Waals surface area (Å²) in [4.78, 5) is 40.1. The van der Waals surface area contributed by atoms with Gasteiger partial charge in [0.2, 0.25) is 0 Å². The monoisotopic (exact) mass is 276 g/mol. The van der Waals surface area contributed by atoms with E-state index in [-0.39, 0.29) is 12.2 Å². The summed E-state index contributed by atoms with van der Waals surface area (Å²) in [5.74, 6) is -0.491. The summed E-state index contributed by atoms with van der Waals surface area (Å²) >= 11 is 0. The first-order valence-electron chi connectivity index (χ1n) is 5.63. The normalized spacial score (nSPS) is 10.2. The summed E-state index contributed by atoms with van der Waals surface area (Å²) in [6.45, 7) is 0.126. The summed E-state index contributed by atoms with van der Waals surface area (Å²) in [6, 6.07) is 3.12. The zero-order valence-electron chi connectivity index (χ0n) is 10.6. The average Bonchev–Trinajstić information content (AvgIpc) is 2.44. The van der Waals surface area contributed by atoms with Gasteiger partial charge in [0.1, 0.15) is 5.69 Å². The van der Waals surface area contributed by atoms with E-state index < -0.39 is 17.2 Å². The topological polar surface area (TPSA) is 120 Å². The molecule has 8 heteroatoms.